The van der Waals surface area contributed by atoms with Crippen LogP contribution < -0.4 is 14.7 Å². The molecule has 0 heterocycles. The van der Waals surface area contributed by atoms with Gasteiger partial charge in [0, 0.05) is 0 Å². The number of hydrogen-bond acceptors (Lipinski definition) is 9. The first-order valence-electron chi connectivity index (χ1n) is 13.8. The summed E-state index contributed by atoms with van der Waals surface area (Å²) in [6, 6.07) is 0. The Hall–Kier alpha value is 1.80. The second-order valence-corrected chi connectivity index (χ2v) is 11.0. The molecule has 0 amide bonds. The molecule has 9 nitrogen and oxygen atoms in total. The van der Waals surface area contributed by atoms with E-state index in [1.165, 1.54) is 77.0 Å². The van der Waals surface area contributed by atoms with Crippen molar-refractivity contribution in [3.8, 4) is 0 Å². The smallest absolute Gasteiger partial charge is 0.781 e. The van der Waals surface area contributed by atoms with E-state index >= 15 is 0 Å². The fourth-order valence-corrected chi connectivity index (χ4v) is 4.05. The Morgan fingerprint density at radius 1 is 0.405 bits per heavy atom. The van der Waals surface area contributed by atoms with E-state index in [0.29, 0.717) is 19.8 Å². The second-order valence-electron chi connectivity index (χ2n) is 8.60. The van der Waals surface area contributed by atoms with E-state index in [1.807, 2.05) is 0 Å². The Morgan fingerprint density at radius 2 is 0.595 bits per heavy atom. The van der Waals surface area contributed by atoms with Crippen molar-refractivity contribution in [1.82, 2.24) is 0 Å². The van der Waals surface area contributed by atoms with Crippen LogP contribution in [0.5, 0.6) is 0 Å². The molecule has 0 aliphatic heterocycles. The predicted octanol–water partition coefficient (Wildman–Crippen LogP) is 6.34. The molecule has 0 aromatic heterocycles. The van der Waals surface area contributed by atoms with Crippen molar-refractivity contribution in [1.29, 1.82) is 0 Å². The minimum Gasteiger partial charge on any atom is -0.781 e. The molecule has 3 unspecified atom stereocenters. The van der Waals surface area contributed by atoms with Crippen molar-refractivity contribution in [3.05, 3.63) is 0 Å². The summed E-state index contributed by atoms with van der Waals surface area (Å²) in [5.41, 5.74) is 0. The summed E-state index contributed by atoms with van der Waals surface area (Å²) in [6.07, 6.45) is 20.7. The number of unbranched alkanes of at least 4 members (excludes halogenated alkanes) is 15. The van der Waals surface area contributed by atoms with Crippen molar-refractivity contribution in [3.63, 3.8) is 0 Å². The largest absolute Gasteiger partial charge is 3.00 e. The van der Waals surface area contributed by atoms with Gasteiger partial charge in [0.25, 0.3) is 0 Å². The molecule has 13 heteroatoms. The summed E-state index contributed by atoms with van der Waals surface area (Å²) < 4.78 is 43.3. The van der Waals surface area contributed by atoms with Crippen molar-refractivity contribution >= 4 is 24.8 Å². The van der Waals surface area contributed by atoms with Gasteiger partial charge < -0.3 is 41.9 Å². The zero-order valence-corrected chi connectivity index (χ0v) is 29.7. The second kappa shape index (κ2) is 42.3. The molecule has 0 fully saturated rings. The van der Waals surface area contributed by atoms with E-state index in [9.17, 15) is 28.4 Å². The Kier molecular flexibility index (Phi) is 52.3. The van der Waals surface area contributed by atoms with E-state index in [0.717, 1.165) is 38.5 Å². The van der Waals surface area contributed by atoms with Crippen LogP contribution in [0, 0.1) is 40.8 Å². The standard InChI is InChI=1S/3C8H19O3P.Nd/c3*1-2-3-4-5-6-7-8-11-12(9)10;/h3*12H,2-8H2,1H3,(H,9,10);/q;;;+3/p-3. The van der Waals surface area contributed by atoms with Gasteiger partial charge in [-0.2, -0.15) is 0 Å². The van der Waals surface area contributed by atoms with Crippen molar-refractivity contribution in [2.75, 3.05) is 19.8 Å². The molecule has 0 rings (SSSR count). The Balaban J connectivity index is -0.000000218. The van der Waals surface area contributed by atoms with E-state index in [-0.39, 0.29) is 40.8 Å². The molecular formula is C24H54NdO9P3. The molecule has 0 aromatic rings. The zero-order chi connectivity index (χ0) is 27.7. The van der Waals surface area contributed by atoms with Crippen LogP contribution in [0.3, 0.4) is 0 Å². The maximum absolute atomic E-state index is 9.99. The van der Waals surface area contributed by atoms with Crippen LogP contribution in [0.15, 0.2) is 0 Å². The monoisotopic (exact) mass is 721 g/mol. The van der Waals surface area contributed by atoms with Crippen LogP contribution in [-0.2, 0) is 27.3 Å². The molecule has 223 valence electrons. The fourth-order valence-electron chi connectivity index (χ4n) is 3.11. The van der Waals surface area contributed by atoms with Gasteiger partial charge in [-0.15, -0.1) is 0 Å². The van der Waals surface area contributed by atoms with Crippen molar-refractivity contribution in [2.24, 2.45) is 0 Å². The van der Waals surface area contributed by atoms with Gasteiger partial charge in [0.2, 0.25) is 0 Å². The normalized spacial score (nSPS) is 12.8. The van der Waals surface area contributed by atoms with Gasteiger partial charge in [-0.1, -0.05) is 117 Å². The van der Waals surface area contributed by atoms with E-state index in [4.69, 9.17) is 0 Å². The minimum absolute atomic E-state index is 0. The molecule has 1 radical (unpaired) electrons. The summed E-state index contributed by atoms with van der Waals surface area (Å²) in [4.78, 5) is 30.0. The summed E-state index contributed by atoms with van der Waals surface area (Å²) in [5.74, 6) is 0. The van der Waals surface area contributed by atoms with Gasteiger partial charge in [0.1, 0.15) is 24.8 Å². The first-order chi connectivity index (χ1) is 17.3. The molecule has 0 saturated heterocycles. The van der Waals surface area contributed by atoms with Gasteiger partial charge in [-0.25, -0.2) is 0 Å². The SMILES string of the molecule is CCCCCCCCO[PH](=O)[O-].CCCCCCCCO[PH](=O)[O-].CCCCCCCCO[PH](=O)[O-].[Nd+3]. The first-order valence-corrected chi connectivity index (χ1v) is 17.5. The molecule has 0 spiro atoms. The zero-order valence-electron chi connectivity index (χ0n) is 23.5. The average molecular weight is 724 g/mol. The molecule has 3 atom stereocenters. The summed E-state index contributed by atoms with van der Waals surface area (Å²) >= 11 is 0. The summed E-state index contributed by atoms with van der Waals surface area (Å²) in [6.45, 7) is 7.63. The number of hydrogen-bond donors (Lipinski definition) is 0. The average Bonchev–Trinajstić information content (AvgIpc) is 2.83. The van der Waals surface area contributed by atoms with Crippen LogP contribution in [0.4, 0.5) is 0 Å². The van der Waals surface area contributed by atoms with Crippen LogP contribution in [0.2, 0.25) is 0 Å². The molecule has 0 saturated carbocycles. The van der Waals surface area contributed by atoms with Crippen LogP contribution in [0.25, 0.3) is 0 Å². The fraction of sp³-hybridized carbons (Fsp3) is 1.00. The molecule has 0 aliphatic rings. The van der Waals surface area contributed by atoms with E-state index in [1.54, 1.807) is 0 Å². The predicted molar refractivity (Wildman–Crippen MR) is 145 cm³/mol. The maximum atomic E-state index is 9.99. The number of rotatable bonds is 24. The quantitative estimate of drug-likeness (QED) is 0.0822. The molecule has 0 N–H and O–H groups in total. The third kappa shape index (κ3) is 58.4. The topological polar surface area (TPSA) is 148 Å². The Bertz CT molecular complexity index is 424. The van der Waals surface area contributed by atoms with Gasteiger partial charge in [-0.3, -0.25) is 0 Å². The van der Waals surface area contributed by atoms with Gasteiger partial charge in [0.05, 0.1) is 19.8 Å². The summed E-state index contributed by atoms with van der Waals surface area (Å²) in [7, 11) is -8.80. The van der Waals surface area contributed by atoms with Gasteiger partial charge in [0.15, 0.2) is 0 Å². The van der Waals surface area contributed by atoms with E-state index < -0.39 is 24.8 Å². The maximum Gasteiger partial charge on any atom is 3.00 e. The van der Waals surface area contributed by atoms with Gasteiger partial charge >= 0.3 is 40.8 Å². The third-order valence-electron chi connectivity index (χ3n) is 5.15. The Morgan fingerprint density at radius 3 is 0.784 bits per heavy atom. The van der Waals surface area contributed by atoms with E-state index in [2.05, 4.69) is 34.3 Å². The molecule has 0 bridgehead atoms. The van der Waals surface area contributed by atoms with Crippen molar-refractivity contribution < 1.29 is 82.8 Å². The van der Waals surface area contributed by atoms with Crippen LogP contribution >= 0.6 is 24.8 Å². The van der Waals surface area contributed by atoms with Crippen LogP contribution in [0.1, 0.15) is 136 Å². The molecule has 37 heavy (non-hydrogen) atoms. The first kappa shape index (κ1) is 45.8. The molecule has 0 aromatic carbocycles. The summed E-state index contributed by atoms with van der Waals surface area (Å²) in [5, 5.41) is 0. The third-order valence-corrected chi connectivity index (χ3v) is 6.47. The van der Waals surface area contributed by atoms with Crippen LogP contribution in [-0.4, -0.2) is 19.8 Å². The molecular weight excluding hydrogens is 669 g/mol. The molecule has 0 aliphatic carbocycles. The van der Waals surface area contributed by atoms with Gasteiger partial charge in [-0.05, 0) is 19.3 Å². The van der Waals surface area contributed by atoms with Crippen molar-refractivity contribution in [2.45, 2.75) is 136 Å². The minimum atomic E-state index is -2.93. The Labute approximate surface area is 262 Å².